The summed E-state index contributed by atoms with van der Waals surface area (Å²) >= 11 is 0. The molecule has 2 N–H and O–H groups in total. The van der Waals surface area contributed by atoms with E-state index >= 15 is 0 Å². The quantitative estimate of drug-likeness (QED) is 0.716. The molecule has 0 unspecified atom stereocenters. The third-order valence-electron chi connectivity index (χ3n) is 1.77. The molecule has 0 atom stereocenters. The lowest BCUT2D eigenvalue weighted by Gasteiger charge is -2.14. The number of aryl methyl sites for hydroxylation is 1. The minimum atomic E-state index is -4.85. The zero-order valence-corrected chi connectivity index (χ0v) is 7.75. The first-order chi connectivity index (χ1) is 6.81. The van der Waals surface area contributed by atoms with E-state index in [-0.39, 0.29) is 5.46 Å². The van der Waals surface area contributed by atoms with E-state index in [1.54, 1.807) is 0 Å². The number of hydrogen-bond acceptors (Lipinski definition) is 3. The molecule has 15 heavy (non-hydrogen) atoms. The Hall–Kier alpha value is -1.21. The second-order valence-electron chi connectivity index (χ2n) is 2.91. The monoisotopic (exact) mass is 220 g/mol. The first-order valence-corrected chi connectivity index (χ1v) is 4.02. The first kappa shape index (κ1) is 11.9. The van der Waals surface area contributed by atoms with Crippen LogP contribution in [0.1, 0.15) is 5.56 Å². The third kappa shape index (κ3) is 3.14. The van der Waals surface area contributed by atoms with E-state index in [0.29, 0.717) is 5.56 Å². The van der Waals surface area contributed by atoms with Crippen molar-refractivity contribution >= 4 is 12.6 Å². The molecular weight excluding hydrogens is 212 g/mol. The van der Waals surface area contributed by atoms with Gasteiger partial charge < -0.3 is 14.8 Å². The molecular formula is C8H8BF3O3. The van der Waals surface area contributed by atoms with Crippen LogP contribution in [0.25, 0.3) is 0 Å². The van der Waals surface area contributed by atoms with Gasteiger partial charge in [-0.05, 0) is 18.6 Å². The molecule has 7 heteroatoms. The van der Waals surface area contributed by atoms with Gasteiger partial charge in [-0.1, -0.05) is 12.1 Å². The zero-order valence-electron chi connectivity index (χ0n) is 7.75. The Labute approximate surface area is 84.3 Å². The van der Waals surface area contributed by atoms with Gasteiger partial charge in [0, 0.05) is 5.46 Å². The van der Waals surface area contributed by atoms with Crippen molar-refractivity contribution in [2.45, 2.75) is 13.3 Å². The summed E-state index contributed by atoms with van der Waals surface area (Å²) in [4.78, 5) is 0. The van der Waals surface area contributed by atoms with E-state index in [9.17, 15) is 13.2 Å². The Balaban J connectivity index is 3.12. The van der Waals surface area contributed by atoms with Gasteiger partial charge in [0.1, 0.15) is 5.75 Å². The summed E-state index contributed by atoms with van der Waals surface area (Å²) in [6.07, 6.45) is -4.85. The Morgan fingerprint density at radius 3 is 2.33 bits per heavy atom. The van der Waals surface area contributed by atoms with Crippen LogP contribution in [-0.4, -0.2) is 23.5 Å². The van der Waals surface area contributed by atoms with E-state index in [1.807, 2.05) is 0 Å². The van der Waals surface area contributed by atoms with Crippen LogP contribution in [0.4, 0.5) is 13.2 Å². The number of hydrogen-bond donors (Lipinski definition) is 2. The molecule has 0 saturated heterocycles. The van der Waals surface area contributed by atoms with Gasteiger partial charge in [-0.3, -0.25) is 0 Å². The molecule has 0 amide bonds. The van der Waals surface area contributed by atoms with Crippen LogP contribution in [0.15, 0.2) is 18.2 Å². The predicted octanol–water partition coefficient (Wildman–Crippen LogP) is 0.573. The SMILES string of the molecule is Cc1cccc(OC(F)(F)F)c1B(O)O. The molecule has 0 fully saturated rings. The molecule has 0 heterocycles. The van der Waals surface area contributed by atoms with Crippen LogP contribution < -0.4 is 10.2 Å². The number of ether oxygens (including phenoxy) is 1. The highest BCUT2D eigenvalue weighted by molar-refractivity contribution is 6.60. The van der Waals surface area contributed by atoms with E-state index in [0.717, 1.165) is 6.07 Å². The highest BCUT2D eigenvalue weighted by Crippen LogP contribution is 2.21. The summed E-state index contributed by atoms with van der Waals surface area (Å²) in [5.74, 6) is -0.600. The van der Waals surface area contributed by atoms with Crippen molar-refractivity contribution in [2.75, 3.05) is 0 Å². The smallest absolute Gasteiger partial charge is 0.423 e. The summed E-state index contributed by atoms with van der Waals surface area (Å²) in [5, 5.41) is 17.8. The normalized spacial score (nSPS) is 11.3. The van der Waals surface area contributed by atoms with Crippen molar-refractivity contribution < 1.29 is 28.0 Å². The minimum Gasteiger partial charge on any atom is -0.423 e. The molecule has 1 aromatic rings. The summed E-state index contributed by atoms with van der Waals surface area (Å²) in [7, 11) is -2.00. The average molecular weight is 220 g/mol. The van der Waals surface area contributed by atoms with Crippen molar-refractivity contribution in [1.82, 2.24) is 0 Å². The summed E-state index contributed by atoms with van der Waals surface area (Å²) in [6, 6.07) is 3.82. The average Bonchev–Trinajstić information content (AvgIpc) is 1.99. The van der Waals surface area contributed by atoms with Crippen molar-refractivity contribution in [3.63, 3.8) is 0 Å². The van der Waals surface area contributed by atoms with Gasteiger partial charge in [0.05, 0.1) is 0 Å². The van der Waals surface area contributed by atoms with Crippen LogP contribution in [0.2, 0.25) is 0 Å². The van der Waals surface area contributed by atoms with Crippen LogP contribution >= 0.6 is 0 Å². The fourth-order valence-corrected chi connectivity index (χ4v) is 1.20. The second-order valence-corrected chi connectivity index (χ2v) is 2.91. The molecule has 0 bridgehead atoms. The minimum absolute atomic E-state index is 0.283. The van der Waals surface area contributed by atoms with E-state index in [1.165, 1.54) is 19.1 Å². The number of rotatable bonds is 2. The molecule has 0 saturated carbocycles. The lowest BCUT2D eigenvalue weighted by molar-refractivity contribution is -0.274. The Bertz CT molecular complexity index is 351. The van der Waals surface area contributed by atoms with Gasteiger partial charge in [0.2, 0.25) is 0 Å². The zero-order chi connectivity index (χ0) is 11.6. The molecule has 0 aliphatic rings. The maximum atomic E-state index is 11.9. The number of halogens is 3. The summed E-state index contributed by atoms with van der Waals surface area (Å²) < 4.78 is 39.4. The first-order valence-electron chi connectivity index (χ1n) is 4.02. The summed E-state index contributed by atoms with van der Waals surface area (Å²) in [5.41, 5.74) is 0.0292. The molecule has 1 rings (SSSR count). The largest absolute Gasteiger partial charge is 0.573 e. The fourth-order valence-electron chi connectivity index (χ4n) is 1.20. The Morgan fingerprint density at radius 2 is 1.87 bits per heavy atom. The van der Waals surface area contributed by atoms with Gasteiger partial charge in [-0.2, -0.15) is 0 Å². The third-order valence-corrected chi connectivity index (χ3v) is 1.77. The topological polar surface area (TPSA) is 49.7 Å². The van der Waals surface area contributed by atoms with Gasteiger partial charge in [0.15, 0.2) is 0 Å². The molecule has 0 aliphatic carbocycles. The molecule has 0 aliphatic heterocycles. The standard InChI is InChI=1S/C8H8BF3O3/c1-5-3-2-4-6(7(5)9(13)14)15-8(10,11)12/h2-4,13-14H,1H3. The second kappa shape index (κ2) is 4.12. The van der Waals surface area contributed by atoms with Crippen LogP contribution in [-0.2, 0) is 0 Å². The van der Waals surface area contributed by atoms with Gasteiger partial charge in [-0.25, -0.2) is 0 Å². The van der Waals surface area contributed by atoms with Crippen LogP contribution in [0.5, 0.6) is 5.75 Å². The maximum absolute atomic E-state index is 11.9. The number of benzene rings is 1. The van der Waals surface area contributed by atoms with Crippen LogP contribution in [0, 0.1) is 6.92 Å². The van der Waals surface area contributed by atoms with E-state index < -0.39 is 19.2 Å². The number of alkyl halides is 3. The Kier molecular flexibility index (Phi) is 3.26. The Morgan fingerprint density at radius 1 is 1.27 bits per heavy atom. The highest BCUT2D eigenvalue weighted by Gasteiger charge is 2.33. The summed E-state index contributed by atoms with van der Waals surface area (Å²) in [6.45, 7) is 1.46. The van der Waals surface area contributed by atoms with Crippen molar-refractivity contribution in [3.05, 3.63) is 23.8 Å². The van der Waals surface area contributed by atoms with Gasteiger partial charge in [-0.15, -0.1) is 13.2 Å². The lowest BCUT2D eigenvalue weighted by atomic mass is 9.76. The molecule has 0 radical (unpaired) electrons. The molecule has 82 valence electrons. The van der Waals surface area contributed by atoms with Gasteiger partial charge >= 0.3 is 13.5 Å². The predicted molar refractivity (Wildman–Crippen MR) is 47.7 cm³/mol. The lowest BCUT2D eigenvalue weighted by Crippen LogP contribution is -2.35. The highest BCUT2D eigenvalue weighted by atomic mass is 19.4. The van der Waals surface area contributed by atoms with Crippen LogP contribution in [0.3, 0.4) is 0 Å². The van der Waals surface area contributed by atoms with Crippen molar-refractivity contribution in [2.24, 2.45) is 0 Å². The van der Waals surface area contributed by atoms with E-state index in [4.69, 9.17) is 10.0 Å². The molecule has 3 nitrogen and oxygen atoms in total. The van der Waals surface area contributed by atoms with Gasteiger partial charge in [0.25, 0.3) is 0 Å². The molecule has 0 spiro atoms. The maximum Gasteiger partial charge on any atom is 0.573 e. The fraction of sp³-hybridized carbons (Fsp3) is 0.250. The molecule has 0 aromatic heterocycles. The van der Waals surface area contributed by atoms with Crippen molar-refractivity contribution in [1.29, 1.82) is 0 Å². The molecule has 1 aromatic carbocycles. The van der Waals surface area contributed by atoms with Crippen molar-refractivity contribution in [3.8, 4) is 5.75 Å². The van der Waals surface area contributed by atoms with E-state index in [2.05, 4.69) is 4.74 Å².